The lowest BCUT2D eigenvalue weighted by Crippen LogP contribution is -2.42. The summed E-state index contributed by atoms with van der Waals surface area (Å²) in [6.07, 6.45) is 0. The third-order valence-electron chi connectivity index (χ3n) is 6.91. The van der Waals surface area contributed by atoms with Crippen LogP contribution in [0.2, 0.25) is 36.3 Å². The predicted octanol–water partition coefficient (Wildman–Crippen LogP) is 5.51. The number of hydrogen-bond donors (Lipinski definition) is 0. The molecule has 6 heteroatoms. The first-order chi connectivity index (χ1) is 11.6. The molecule has 1 saturated carbocycles. The van der Waals surface area contributed by atoms with Crippen molar-refractivity contribution in [3.63, 3.8) is 0 Å². The Kier molecular flexibility index (Phi) is 8.17. The number of methoxy groups -OCH3 is 1. The molecule has 0 bridgehead atoms. The third kappa shape index (κ3) is 6.41. The zero-order valence-corrected chi connectivity index (χ0v) is 21.2. The Morgan fingerprint density at radius 1 is 0.654 bits per heavy atom. The number of ether oxygens (including phenoxy) is 2. The largest absolute Gasteiger partial charge is 0.417 e. The van der Waals surface area contributed by atoms with E-state index in [1.54, 1.807) is 7.11 Å². The summed E-state index contributed by atoms with van der Waals surface area (Å²) >= 11 is 0. The van der Waals surface area contributed by atoms with Crippen molar-refractivity contribution in [2.75, 3.05) is 33.7 Å². The van der Waals surface area contributed by atoms with Gasteiger partial charge in [0.25, 0.3) is 0 Å². The maximum atomic E-state index is 6.49. The SMILES string of the molecule is COCOCC1[C@@H](CO[Si](C)(C)C(C)(C)C)[C@H]1CO[Si](C)(C)C(C)(C)C. The van der Waals surface area contributed by atoms with Crippen LogP contribution in [0.5, 0.6) is 0 Å². The summed E-state index contributed by atoms with van der Waals surface area (Å²) in [5.74, 6) is 1.62. The van der Waals surface area contributed by atoms with E-state index in [1.807, 2.05) is 0 Å². The van der Waals surface area contributed by atoms with Gasteiger partial charge in [-0.3, -0.25) is 0 Å². The summed E-state index contributed by atoms with van der Waals surface area (Å²) in [5.41, 5.74) is 0. The average Bonchev–Trinajstić information content (AvgIpc) is 3.13. The van der Waals surface area contributed by atoms with Gasteiger partial charge in [-0.25, -0.2) is 0 Å². The first kappa shape index (κ1) is 24.3. The van der Waals surface area contributed by atoms with Crippen LogP contribution in [-0.2, 0) is 18.3 Å². The molecule has 4 nitrogen and oxygen atoms in total. The first-order valence-electron chi connectivity index (χ1n) is 9.98. The van der Waals surface area contributed by atoms with Gasteiger partial charge in [-0.1, -0.05) is 41.5 Å². The Bertz CT molecular complexity index is 402. The molecule has 26 heavy (non-hydrogen) atoms. The minimum absolute atomic E-state index is 0.247. The molecule has 1 rings (SSSR count). The van der Waals surface area contributed by atoms with Crippen molar-refractivity contribution in [1.82, 2.24) is 0 Å². The van der Waals surface area contributed by atoms with E-state index in [9.17, 15) is 0 Å². The summed E-state index contributed by atoms with van der Waals surface area (Å²) in [6, 6.07) is 0. The normalized spacial score (nSPS) is 24.8. The van der Waals surface area contributed by atoms with Gasteiger partial charge < -0.3 is 18.3 Å². The van der Waals surface area contributed by atoms with Gasteiger partial charge >= 0.3 is 0 Å². The monoisotopic (exact) mass is 404 g/mol. The Balaban J connectivity index is 2.63. The van der Waals surface area contributed by atoms with Crippen molar-refractivity contribution in [2.45, 2.75) is 77.8 Å². The summed E-state index contributed by atoms with van der Waals surface area (Å²) in [7, 11) is -1.75. The Hall–Kier alpha value is 0.274. The van der Waals surface area contributed by atoms with Crippen LogP contribution in [0.25, 0.3) is 0 Å². The van der Waals surface area contributed by atoms with Gasteiger partial charge in [-0.2, -0.15) is 0 Å². The zero-order valence-electron chi connectivity index (χ0n) is 19.2. The van der Waals surface area contributed by atoms with Gasteiger partial charge in [0, 0.05) is 20.3 Å². The fraction of sp³-hybridized carbons (Fsp3) is 1.00. The molecule has 1 aliphatic rings. The van der Waals surface area contributed by atoms with Crippen molar-refractivity contribution < 1.29 is 18.3 Å². The van der Waals surface area contributed by atoms with E-state index in [1.165, 1.54) is 0 Å². The average molecular weight is 405 g/mol. The Morgan fingerprint density at radius 2 is 1.00 bits per heavy atom. The van der Waals surface area contributed by atoms with Crippen molar-refractivity contribution in [3.8, 4) is 0 Å². The van der Waals surface area contributed by atoms with E-state index in [-0.39, 0.29) is 10.1 Å². The van der Waals surface area contributed by atoms with Gasteiger partial charge in [0.15, 0.2) is 16.6 Å². The van der Waals surface area contributed by atoms with Crippen LogP contribution in [0, 0.1) is 17.8 Å². The highest BCUT2D eigenvalue weighted by atomic mass is 28.4. The highest BCUT2D eigenvalue weighted by Gasteiger charge is 2.52. The molecule has 0 saturated heterocycles. The molecule has 1 fully saturated rings. The maximum absolute atomic E-state index is 6.49. The molecule has 3 atom stereocenters. The summed E-state index contributed by atoms with van der Waals surface area (Å²) in [5, 5.41) is 0.494. The van der Waals surface area contributed by atoms with Crippen molar-refractivity contribution in [2.24, 2.45) is 17.8 Å². The van der Waals surface area contributed by atoms with Crippen LogP contribution >= 0.6 is 0 Å². The number of rotatable bonds is 10. The van der Waals surface area contributed by atoms with E-state index >= 15 is 0 Å². The smallest absolute Gasteiger partial charge is 0.191 e. The van der Waals surface area contributed by atoms with E-state index in [0.717, 1.165) is 19.8 Å². The van der Waals surface area contributed by atoms with Crippen LogP contribution in [-0.4, -0.2) is 50.4 Å². The van der Waals surface area contributed by atoms with E-state index in [0.29, 0.717) is 24.5 Å². The molecule has 0 aliphatic heterocycles. The van der Waals surface area contributed by atoms with Crippen LogP contribution in [0.15, 0.2) is 0 Å². The summed E-state index contributed by atoms with van der Waals surface area (Å²) < 4.78 is 23.7. The lowest BCUT2D eigenvalue weighted by atomic mass is 10.2. The molecular formula is C20H44O4Si2. The zero-order chi connectivity index (χ0) is 20.4. The topological polar surface area (TPSA) is 36.9 Å². The van der Waals surface area contributed by atoms with Crippen LogP contribution in [0.1, 0.15) is 41.5 Å². The van der Waals surface area contributed by atoms with Gasteiger partial charge in [-0.05, 0) is 54.0 Å². The van der Waals surface area contributed by atoms with Crippen molar-refractivity contribution >= 4 is 16.6 Å². The molecule has 0 radical (unpaired) electrons. The standard InChI is InChI=1S/C20H44O4Si2/c1-19(2,3)25(8,9)23-13-17-16(12-22-15-21-7)18(17)14-24-26(10,11)20(4,5)6/h16-18H,12-15H2,1-11H3/t16?,17-,18+. The van der Waals surface area contributed by atoms with Gasteiger partial charge in [-0.15, -0.1) is 0 Å². The van der Waals surface area contributed by atoms with Gasteiger partial charge in [0.05, 0.1) is 6.61 Å². The lowest BCUT2D eigenvalue weighted by molar-refractivity contribution is -0.0373. The lowest BCUT2D eigenvalue weighted by Gasteiger charge is -2.37. The molecular weight excluding hydrogens is 360 g/mol. The first-order valence-corrected chi connectivity index (χ1v) is 15.8. The summed E-state index contributed by atoms with van der Waals surface area (Å²) in [6.45, 7) is 25.9. The van der Waals surface area contributed by atoms with Gasteiger partial charge in [0.2, 0.25) is 0 Å². The maximum Gasteiger partial charge on any atom is 0.191 e. The van der Waals surface area contributed by atoms with E-state index in [2.05, 4.69) is 67.7 Å². The second-order valence-electron chi connectivity index (χ2n) is 10.9. The number of hydrogen-bond acceptors (Lipinski definition) is 4. The molecule has 0 N–H and O–H groups in total. The minimum atomic E-state index is -1.71. The van der Waals surface area contributed by atoms with E-state index < -0.39 is 16.6 Å². The van der Waals surface area contributed by atoms with Gasteiger partial charge in [0.1, 0.15) is 6.79 Å². The van der Waals surface area contributed by atoms with Crippen LogP contribution < -0.4 is 0 Å². The Morgan fingerprint density at radius 3 is 1.31 bits per heavy atom. The molecule has 0 amide bonds. The van der Waals surface area contributed by atoms with Crippen LogP contribution in [0.4, 0.5) is 0 Å². The summed E-state index contributed by atoms with van der Waals surface area (Å²) in [4.78, 5) is 0. The quantitative estimate of drug-likeness (QED) is 0.273. The predicted molar refractivity (Wildman–Crippen MR) is 115 cm³/mol. The molecule has 0 heterocycles. The molecule has 156 valence electrons. The molecule has 0 spiro atoms. The highest BCUT2D eigenvalue weighted by Crippen LogP contribution is 2.49. The molecule has 0 aromatic heterocycles. The molecule has 0 aromatic carbocycles. The highest BCUT2D eigenvalue weighted by molar-refractivity contribution is 6.74. The van der Waals surface area contributed by atoms with Crippen molar-refractivity contribution in [3.05, 3.63) is 0 Å². The second kappa shape index (κ2) is 8.74. The second-order valence-corrected chi connectivity index (χ2v) is 20.5. The van der Waals surface area contributed by atoms with Crippen LogP contribution in [0.3, 0.4) is 0 Å². The third-order valence-corrected chi connectivity index (χ3v) is 15.9. The molecule has 0 aromatic rings. The fourth-order valence-corrected chi connectivity index (χ4v) is 4.66. The molecule has 1 unspecified atom stereocenters. The van der Waals surface area contributed by atoms with Crippen molar-refractivity contribution in [1.29, 1.82) is 0 Å². The Labute approximate surface area is 164 Å². The van der Waals surface area contributed by atoms with E-state index in [4.69, 9.17) is 18.3 Å². The molecule has 1 aliphatic carbocycles. The minimum Gasteiger partial charge on any atom is -0.417 e. The fourth-order valence-electron chi connectivity index (χ4n) is 2.58.